The van der Waals surface area contributed by atoms with E-state index in [1.54, 1.807) is 49.6 Å². The first-order valence-electron chi connectivity index (χ1n) is 12.9. The maximum atomic E-state index is 13.2. The number of aromatic nitrogens is 3. The molecule has 2 aromatic heterocycles. The SMILES string of the molecule is COc1ccc(-n2nc(C(=O)NCc3cccnc3)c(C)c2Oc2ccc([N+](=O)[O-])cc2S(=O)(=O)NCC(C)C)cc1. The predicted molar refractivity (Wildman–Crippen MR) is 153 cm³/mol. The van der Waals surface area contributed by atoms with Gasteiger partial charge in [-0.3, -0.25) is 19.9 Å². The first kappa shape index (κ1) is 30.1. The van der Waals surface area contributed by atoms with E-state index in [2.05, 4.69) is 20.1 Å². The summed E-state index contributed by atoms with van der Waals surface area (Å²) >= 11 is 0. The number of nitrogens with one attached hydrogen (secondary N) is 2. The van der Waals surface area contributed by atoms with E-state index < -0.39 is 31.4 Å². The number of carbonyl (C=O) groups excluding carboxylic acids is 1. The van der Waals surface area contributed by atoms with Crippen LogP contribution in [0.25, 0.3) is 5.69 Å². The number of carbonyl (C=O) groups is 1. The van der Waals surface area contributed by atoms with Crippen molar-refractivity contribution < 1.29 is 27.6 Å². The van der Waals surface area contributed by atoms with Crippen LogP contribution in [0.4, 0.5) is 5.69 Å². The van der Waals surface area contributed by atoms with Gasteiger partial charge in [0, 0.05) is 43.2 Å². The van der Waals surface area contributed by atoms with Crippen LogP contribution in [-0.2, 0) is 16.6 Å². The van der Waals surface area contributed by atoms with E-state index in [4.69, 9.17) is 9.47 Å². The highest BCUT2D eigenvalue weighted by atomic mass is 32.2. The molecule has 2 heterocycles. The second kappa shape index (κ2) is 12.8. The summed E-state index contributed by atoms with van der Waals surface area (Å²) in [5, 5.41) is 18.8. The standard InChI is InChI=1S/C28H30N6O7S/c1-18(2)15-31-42(38,39)25-14-22(34(36)37)9-12-24(25)41-28-19(3)26(27(35)30-17-20-6-5-13-29-16-20)32-33(28)21-7-10-23(40-4)11-8-21/h5-14,16,18,31H,15,17H2,1-4H3,(H,30,35). The summed E-state index contributed by atoms with van der Waals surface area (Å²) in [6.07, 6.45) is 3.25. The Morgan fingerprint density at radius 2 is 1.88 bits per heavy atom. The lowest BCUT2D eigenvalue weighted by Crippen LogP contribution is -2.28. The summed E-state index contributed by atoms with van der Waals surface area (Å²) < 4.78 is 41.7. The lowest BCUT2D eigenvalue weighted by molar-refractivity contribution is -0.385. The Bertz CT molecular complexity index is 1690. The Balaban J connectivity index is 1.79. The highest BCUT2D eigenvalue weighted by Crippen LogP contribution is 2.36. The number of sulfonamides is 1. The fourth-order valence-corrected chi connectivity index (χ4v) is 5.20. The highest BCUT2D eigenvalue weighted by molar-refractivity contribution is 7.89. The van der Waals surface area contributed by atoms with Gasteiger partial charge in [-0.05, 0) is 54.8 Å². The summed E-state index contributed by atoms with van der Waals surface area (Å²) in [6, 6.07) is 13.6. The Morgan fingerprint density at radius 3 is 2.50 bits per heavy atom. The van der Waals surface area contributed by atoms with Gasteiger partial charge in [-0.1, -0.05) is 19.9 Å². The molecule has 2 N–H and O–H groups in total. The summed E-state index contributed by atoms with van der Waals surface area (Å²) in [5.74, 6) is -0.0739. The fourth-order valence-electron chi connectivity index (χ4n) is 3.85. The van der Waals surface area contributed by atoms with Gasteiger partial charge in [0.25, 0.3) is 11.6 Å². The molecule has 0 aliphatic heterocycles. The van der Waals surface area contributed by atoms with Crippen LogP contribution in [0, 0.1) is 23.0 Å². The Kier molecular flexibility index (Phi) is 9.18. The Hall–Kier alpha value is -4.82. The molecular weight excluding hydrogens is 564 g/mol. The molecule has 0 aliphatic carbocycles. The maximum absolute atomic E-state index is 13.2. The van der Waals surface area contributed by atoms with E-state index in [0.717, 1.165) is 17.7 Å². The van der Waals surface area contributed by atoms with Gasteiger partial charge in [0.15, 0.2) is 5.69 Å². The maximum Gasteiger partial charge on any atom is 0.272 e. The second-order valence-electron chi connectivity index (χ2n) is 9.67. The summed E-state index contributed by atoms with van der Waals surface area (Å²) in [4.78, 5) is 27.6. The molecule has 0 saturated carbocycles. The quantitative estimate of drug-likeness (QED) is 0.181. The third kappa shape index (κ3) is 6.90. The Morgan fingerprint density at radius 1 is 1.14 bits per heavy atom. The number of hydrogen-bond donors (Lipinski definition) is 2. The minimum atomic E-state index is -4.22. The van der Waals surface area contributed by atoms with Crippen molar-refractivity contribution in [3.63, 3.8) is 0 Å². The second-order valence-corrected chi connectivity index (χ2v) is 11.4. The summed E-state index contributed by atoms with van der Waals surface area (Å²) in [6.45, 7) is 5.56. The zero-order valence-corrected chi connectivity index (χ0v) is 24.2. The number of amides is 1. The minimum Gasteiger partial charge on any atom is -0.497 e. The molecule has 14 heteroatoms. The van der Waals surface area contributed by atoms with Crippen molar-refractivity contribution in [1.29, 1.82) is 0 Å². The molecule has 13 nitrogen and oxygen atoms in total. The highest BCUT2D eigenvalue weighted by Gasteiger charge is 2.28. The van der Waals surface area contributed by atoms with Gasteiger partial charge in [-0.15, -0.1) is 0 Å². The molecule has 0 radical (unpaired) electrons. The van der Waals surface area contributed by atoms with Gasteiger partial charge in [0.1, 0.15) is 16.4 Å². The largest absolute Gasteiger partial charge is 0.497 e. The normalized spacial score (nSPS) is 11.4. The summed E-state index contributed by atoms with van der Waals surface area (Å²) in [7, 11) is -2.70. The fraction of sp³-hybridized carbons (Fsp3) is 0.250. The van der Waals surface area contributed by atoms with Crippen LogP contribution in [0.5, 0.6) is 17.4 Å². The van der Waals surface area contributed by atoms with Crippen LogP contribution >= 0.6 is 0 Å². The average Bonchev–Trinajstić information content (AvgIpc) is 3.31. The molecule has 0 spiro atoms. The number of non-ortho nitro benzene ring substituents is 1. The van der Waals surface area contributed by atoms with Gasteiger partial charge in [-0.25, -0.2) is 13.1 Å². The van der Waals surface area contributed by atoms with Gasteiger partial charge in [0.05, 0.1) is 17.7 Å². The lowest BCUT2D eigenvalue weighted by Gasteiger charge is -2.15. The monoisotopic (exact) mass is 594 g/mol. The molecule has 220 valence electrons. The topological polar surface area (TPSA) is 168 Å². The number of methoxy groups -OCH3 is 1. The molecule has 0 saturated heterocycles. The van der Waals surface area contributed by atoms with E-state index in [9.17, 15) is 23.3 Å². The van der Waals surface area contributed by atoms with Crippen molar-refractivity contribution in [3.05, 3.63) is 93.9 Å². The molecular formula is C28H30N6O7S. The van der Waals surface area contributed by atoms with Crippen LogP contribution in [0.1, 0.15) is 35.5 Å². The molecule has 0 atom stereocenters. The minimum absolute atomic E-state index is 0.0191. The van der Waals surface area contributed by atoms with Crippen molar-refractivity contribution in [2.75, 3.05) is 13.7 Å². The number of rotatable bonds is 12. The van der Waals surface area contributed by atoms with Crippen molar-refractivity contribution in [2.45, 2.75) is 32.2 Å². The van der Waals surface area contributed by atoms with Gasteiger partial charge in [0.2, 0.25) is 15.9 Å². The Labute approximate surface area is 242 Å². The predicted octanol–water partition coefficient (Wildman–Crippen LogP) is 4.15. The van der Waals surface area contributed by atoms with E-state index in [1.165, 1.54) is 17.9 Å². The van der Waals surface area contributed by atoms with Crippen LogP contribution in [0.3, 0.4) is 0 Å². The van der Waals surface area contributed by atoms with Crippen LogP contribution in [-0.4, -0.2) is 47.7 Å². The number of pyridine rings is 1. The number of hydrogen-bond acceptors (Lipinski definition) is 9. The van der Waals surface area contributed by atoms with E-state index in [1.807, 2.05) is 19.9 Å². The molecule has 1 amide bonds. The van der Waals surface area contributed by atoms with Gasteiger partial charge < -0.3 is 14.8 Å². The third-order valence-electron chi connectivity index (χ3n) is 6.09. The molecule has 0 fully saturated rings. The zero-order valence-electron chi connectivity index (χ0n) is 23.4. The lowest BCUT2D eigenvalue weighted by atomic mass is 10.2. The van der Waals surface area contributed by atoms with Gasteiger partial charge >= 0.3 is 0 Å². The first-order chi connectivity index (χ1) is 20.0. The average molecular weight is 595 g/mol. The molecule has 0 unspecified atom stereocenters. The van der Waals surface area contributed by atoms with Crippen molar-refractivity contribution in [3.8, 4) is 23.1 Å². The first-order valence-corrected chi connectivity index (χ1v) is 14.4. The molecule has 42 heavy (non-hydrogen) atoms. The molecule has 4 rings (SSSR count). The smallest absolute Gasteiger partial charge is 0.272 e. The van der Waals surface area contributed by atoms with Crippen LogP contribution in [0.15, 0.2) is 71.9 Å². The molecule has 4 aromatic rings. The van der Waals surface area contributed by atoms with Crippen LogP contribution in [0.2, 0.25) is 0 Å². The number of benzene rings is 2. The number of ether oxygens (including phenoxy) is 2. The number of nitro benzene ring substituents is 1. The van der Waals surface area contributed by atoms with Crippen molar-refractivity contribution in [1.82, 2.24) is 24.8 Å². The third-order valence-corrected chi connectivity index (χ3v) is 7.54. The zero-order chi connectivity index (χ0) is 30.4. The van der Waals surface area contributed by atoms with E-state index in [0.29, 0.717) is 17.0 Å². The molecule has 0 bridgehead atoms. The van der Waals surface area contributed by atoms with Gasteiger partial charge in [-0.2, -0.15) is 9.78 Å². The molecule has 2 aromatic carbocycles. The van der Waals surface area contributed by atoms with Crippen molar-refractivity contribution in [2.24, 2.45) is 5.92 Å². The van der Waals surface area contributed by atoms with Crippen LogP contribution < -0.4 is 19.5 Å². The van der Waals surface area contributed by atoms with E-state index in [-0.39, 0.29) is 36.3 Å². The molecule has 0 aliphatic rings. The van der Waals surface area contributed by atoms with Crippen molar-refractivity contribution >= 4 is 21.6 Å². The number of nitro groups is 1. The van der Waals surface area contributed by atoms with E-state index >= 15 is 0 Å². The summed E-state index contributed by atoms with van der Waals surface area (Å²) in [5.41, 5.74) is 1.19. The number of nitrogens with zero attached hydrogens (tertiary/aromatic N) is 4.